The Morgan fingerprint density at radius 3 is 2.53 bits per heavy atom. The summed E-state index contributed by atoms with van der Waals surface area (Å²) in [6, 6.07) is 0.722. The van der Waals surface area contributed by atoms with E-state index < -0.39 is 0 Å². The second-order valence-corrected chi connectivity index (χ2v) is 6.28. The van der Waals surface area contributed by atoms with Crippen LogP contribution in [0.2, 0.25) is 0 Å². The number of hydrogen-bond acceptors (Lipinski definition) is 3. The normalized spacial score (nSPS) is 34.0. The molecule has 0 aromatic carbocycles. The number of ether oxygens (including phenoxy) is 1. The van der Waals surface area contributed by atoms with Crippen LogP contribution in [0.3, 0.4) is 0 Å². The number of rotatable bonds is 5. The monoisotopic (exact) mass is 229 g/mol. The van der Waals surface area contributed by atoms with E-state index in [-0.39, 0.29) is 0 Å². The Balaban J connectivity index is 1.68. The van der Waals surface area contributed by atoms with E-state index in [1.807, 2.05) is 7.11 Å². The molecule has 0 aliphatic heterocycles. The van der Waals surface area contributed by atoms with E-state index in [1.54, 1.807) is 0 Å². The van der Waals surface area contributed by atoms with E-state index >= 15 is 0 Å². The molecule has 0 aromatic rings. The molecule has 3 heteroatoms. The lowest BCUT2D eigenvalue weighted by Gasteiger charge is -2.38. The van der Waals surface area contributed by atoms with E-state index in [1.165, 1.54) is 45.1 Å². The number of hydrogen-bond donors (Lipinski definition) is 1. The molecule has 1 N–H and O–H groups in total. The topological polar surface area (TPSA) is 21.3 Å². The van der Waals surface area contributed by atoms with Crippen molar-refractivity contribution in [3.8, 4) is 0 Å². The number of methoxy groups -OCH3 is 1. The zero-order valence-electron chi connectivity index (χ0n) is 9.92. The standard InChI is InChI=1S/C12H23NOS/c1-14-11-7-10(8-11)13-9-12(15-2)5-3-4-6-12/h10-11,13H,3-9H2,1-2H3. The molecule has 0 amide bonds. The zero-order chi connectivity index (χ0) is 10.7. The van der Waals surface area contributed by atoms with Crippen LogP contribution >= 0.6 is 11.8 Å². The van der Waals surface area contributed by atoms with Gasteiger partial charge in [0.05, 0.1) is 6.10 Å². The molecule has 0 atom stereocenters. The summed E-state index contributed by atoms with van der Waals surface area (Å²) < 4.78 is 5.85. The lowest BCUT2D eigenvalue weighted by Crippen LogP contribution is -2.49. The van der Waals surface area contributed by atoms with Gasteiger partial charge in [0.15, 0.2) is 0 Å². The Morgan fingerprint density at radius 1 is 1.33 bits per heavy atom. The molecule has 2 aliphatic carbocycles. The van der Waals surface area contributed by atoms with Gasteiger partial charge < -0.3 is 10.1 Å². The molecule has 2 rings (SSSR count). The van der Waals surface area contributed by atoms with Gasteiger partial charge in [-0.3, -0.25) is 0 Å². The summed E-state index contributed by atoms with van der Waals surface area (Å²) >= 11 is 2.07. The SMILES string of the molecule is COC1CC(NCC2(SC)CCCC2)C1. The van der Waals surface area contributed by atoms with Crippen LogP contribution in [0.1, 0.15) is 38.5 Å². The maximum absolute atomic E-state index is 5.29. The van der Waals surface area contributed by atoms with Gasteiger partial charge in [0, 0.05) is 24.4 Å². The average Bonchev–Trinajstić information content (AvgIpc) is 2.65. The van der Waals surface area contributed by atoms with E-state index in [2.05, 4.69) is 23.3 Å². The second-order valence-electron chi connectivity index (χ2n) is 5.00. The molecule has 0 unspecified atom stereocenters. The fourth-order valence-corrected chi connectivity index (χ4v) is 3.65. The van der Waals surface area contributed by atoms with Crippen LogP contribution in [0.25, 0.3) is 0 Å². The largest absolute Gasteiger partial charge is 0.381 e. The lowest BCUT2D eigenvalue weighted by molar-refractivity contribution is 0.0169. The summed E-state index contributed by atoms with van der Waals surface area (Å²) in [5.41, 5.74) is 0. The smallest absolute Gasteiger partial charge is 0.0601 e. The molecule has 0 radical (unpaired) electrons. The highest BCUT2D eigenvalue weighted by Crippen LogP contribution is 2.40. The molecule has 2 aliphatic rings. The van der Waals surface area contributed by atoms with E-state index in [0.29, 0.717) is 10.9 Å². The third-order valence-electron chi connectivity index (χ3n) is 4.09. The summed E-state index contributed by atoms with van der Waals surface area (Å²) in [6.45, 7) is 1.20. The van der Waals surface area contributed by atoms with Crippen LogP contribution in [-0.2, 0) is 4.74 Å². The van der Waals surface area contributed by atoms with Gasteiger partial charge in [0.2, 0.25) is 0 Å². The molecule has 0 aromatic heterocycles. The van der Waals surface area contributed by atoms with Crippen molar-refractivity contribution in [1.29, 1.82) is 0 Å². The van der Waals surface area contributed by atoms with Crippen LogP contribution in [0.4, 0.5) is 0 Å². The van der Waals surface area contributed by atoms with Gasteiger partial charge in [0.1, 0.15) is 0 Å². The summed E-state index contributed by atoms with van der Waals surface area (Å²) in [4.78, 5) is 0. The van der Waals surface area contributed by atoms with Crippen molar-refractivity contribution in [2.45, 2.75) is 55.4 Å². The molecule has 0 heterocycles. The van der Waals surface area contributed by atoms with Gasteiger partial charge in [0.25, 0.3) is 0 Å². The molecular formula is C12H23NOS. The van der Waals surface area contributed by atoms with E-state index in [4.69, 9.17) is 4.74 Å². The third kappa shape index (κ3) is 2.69. The second kappa shape index (κ2) is 5.07. The summed E-state index contributed by atoms with van der Waals surface area (Å²) in [5, 5.41) is 3.72. The molecular weight excluding hydrogens is 206 g/mol. The maximum Gasteiger partial charge on any atom is 0.0601 e. The summed E-state index contributed by atoms with van der Waals surface area (Å²) in [6.07, 6.45) is 10.9. The molecule has 88 valence electrons. The highest BCUT2D eigenvalue weighted by atomic mass is 32.2. The van der Waals surface area contributed by atoms with Crippen molar-refractivity contribution in [3.63, 3.8) is 0 Å². The molecule has 2 nitrogen and oxygen atoms in total. The average molecular weight is 229 g/mol. The highest BCUT2D eigenvalue weighted by Gasteiger charge is 2.35. The Bertz CT molecular complexity index is 198. The summed E-state index contributed by atoms with van der Waals surface area (Å²) in [5.74, 6) is 0. The van der Waals surface area contributed by atoms with Gasteiger partial charge in [-0.25, -0.2) is 0 Å². The van der Waals surface area contributed by atoms with Crippen molar-refractivity contribution in [1.82, 2.24) is 5.32 Å². The molecule has 2 fully saturated rings. The van der Waals surface area contributed by atoms with Gasteiger partial charge in [-0.15, -0.1) is 0 Å². The van der Waals surface area contributed by atoms with Crippen LogP contribution in [0, 0.1) is 0 Å². The first-order valence-electron chi connectivity index (χ1n) is 6.09. The van der Waals surface area contributed by atoms with Crippen LogP contribution in [0.15, 0.2) is 0 Å². The van der Waals surface area contributed by atoms with Gasteiger partial charge in [-0.05, 0) is 31.9 Å². The van der Waals surface area contributed by atoms with Crippen molar-refractivity contribution in [3.05, 3.63) is 0 Å². The molecule has 0 saturated heterocycles. The van der Waals surface area contributed by atoms with Crippen molar-refractivity contribution >= 4 is 11.8 Å². The van der Waals surface area contributed by atoms with E-state index in [9.17, 15) is 0 Å². The van der Waals surface area contributed by atoms with Gasteiger partial charge in [-0.1, -0.05) is 12.8 Å². The Morgan fingerprint density at radius 2 is 2.00 bits per heavy atom. The molecule has 2 saturated carbocycles. The Kier molecular flexibility index (Phi) is 3.97. The Hall–Kier alpha value is 0.270. The maximum atomic E-state index is 5.29. The van der Waals surface area contributed by atoms with Gasteiger partial charge in [-0.2, -0.15) is 11.8 Å². The highest BCUT2D eigenvalue weighted by molar-refractivity contribution is 8.00. The predicted molar refractivity (Wildman–Crippen MR) is 66.5 cm³/mol. The first kappa shape index (κ1) is 11.7. The molecule has 0 spiro atoms. The van der Waals surface area contributed by atoms with Crippen LogP contribution in [0.5, 0.6) is 0 Å². The number of nitrogens with one attached hydrogen (secondary N) is 1. The van der Waals surface area contributed by atoms with Crippen LogP contribution in [-0.4, -0.2) is 36.8 Å². The van der Waals surface area contributed by atoms with Gasteiger partial charge >= 0.3 is 0 Å². The van der Waals surface area contributed by atoms with E-state index in [0.717, 1.165) is 6.04 Å². The minimum atomic E-state index is 0.524. The van der Waals surface area contributed by atoms with Crippen LogP contribution < -0.4 is 5.32 Å². The Labute approximate surface area is 97.5 Å². The molecule has 0 bridgehead atoms. The van der Waals surface area contributed by atoms with Crippen molar-refractivity contribution < 1.29 is 4.74 Å². The van der Waals surface area contributed by atoms with Crippen molar-refractivity contribution in [2.75, 3.05) is 19.9 Å². The predicted octanol–water partition coefficient (Wildman–Crippen LogP) is 2.43. The lowest BCUT2D eigenvalue weighted by atomic mass is 9.89. The number of thioether (sulfide) groups is 1. The minimum absolute atomic E-state index is 0.524. The first-order chi connectivity index (χ1) is 7.28. The molecule has 15 heavy (non-hydrogen) atoms. The minimum Gasteiger partial charge on any atom is -0.381 e. The zero-order valence-corrected chi connectivity index (χ0v) is 10.7. The fraction of sp³-hybridized carbons (Fsp3) is 1.00. The summed E-state index contributed by atoms with van der Waals surface area (Å²) in [7, 11) is 1.82. The van der Waals surface area contributed by atoms with Crippen molar-refractivity contribution in [2.24, 2.45) is 0 Å². The first-order valence-corrected chi connectivity index (χ1v) is 7.32. The fourth-order valence-electron chi connectivity index (χ4n) is 2.73. The third-order valence-corrected chi connectivity index (χ3v) is 5.51. The quantitative estimate of drug-likeness (QED) is 0.782.